The molecule has 4 rings (SSSR count). The van der Waals surface area contributed by atoms with Crippen LogP contribution in [-0.4, -0.2) is 27.8 Å². The Hall–Kier alpha value is -3.52. The third-order valence-electron chi connectivity index (χ3n) is 4.54. The van der Waals surface area contributed by atoms with E-state index in [1.165, 1.54) is 11.8 Å². The van der Waals surface area contributed by atoms with Crippen LogP contribution in [0.1, 0.15) is 21.7 Å². The zero-order chi connectivity index (χ0) is 20.9. The predicted molar refractivity (Wildman–Crippen MR) is 114 cm³/mol. The zero-order valence-electron chi connectivity index (χ0n) is 16.3. The van der Waals surface area contributed by atoms with Crippen LogP contribution in [0.2, 0.25) is 0 Å². The molecule has 30 heavy (non-hydrogen) atoms. The molecule has 0 bridgehead atoms. The first kappa shape index (κ1) is 19.8. The van der Waals surface area contributed by atoms with E-state index in [1.807, 2.05) is 53.1 Å². The van der Waals surface area contributed by atoms with E-state index in [4.69, 9.17) is 14.9 Å². The normalized spacial score (nSPS) is 10.8. The fraction of sp³-hybridized carbons (Fsp3) is 0.136. The number of primary amides is 1. The molecule has 7 nitrogen and oxygen atoms in total. The summed E-state index contributed by atoms with van der Waals surface area (Å²) in [4.78, 5) is 11.4. The summed E-state index contributed by atoms with van der Waals surface area (Å²) in [6.45, 7) is 0.505. The highest BCUT2D eigenvalue weighted by Gasteiger charge is 2.16. The Kier molecular flexibility index (Phi) is 5.85. The highest BCUT2D eigenvalue weighted by Crippen LogP contribution is 2.28. The second-order valence-corrected chi connectivity index (χ2v) is 7.50. The summed E-state index contributed by atoms with van der Waals surface area (Å²) in [5.74, 6) is 2.51. The van der Waals surface area contributed by atoms with Crippen molar-refractivity contribution >= 4 is 17.7 Å². The van der Waals surface area contributed by atoms with E-state index in [2.05, 4.69) is 10.2 Å². The standard InChI is InChI=1S/C22H20N4O3S/c1-28-18-9-7-16(8-10-18)21-24-25-22(26(21)13-19-6-3-11-29-19)30-14-15-4-2-5-17(12-15)20(23)27/h2-12H,13-14H2,1H3,(H2,23,27). The van der Waals surface area contributed by atoms with E-state index >= 15 is 0 Å². The van der Waals surface area contributed by atoms with E-state index in [0.29, 0.717) is 17.9 Å². The SMILES string of the molecule is COc1ccc(-c2nnc(SCc3cccc(C(N)=O)c3)n2Cc2ccco2)cc1. The number of carbonyl (C=O) groups excluding carboxylic acids is 1. The van der Waals surface area contributed by atoms with Gasteiger partial charge in [-0.2, -0.15) is 0 Å². The number of rotatable bonds is 8. The summed E-state index contributed by atoms with van der Waals surface area (Å²) in [7, 11) is 1.64. The lowest BCUT2D eigenvalue weighted by molar-refractivity contribution is 0.1000. The first-order chi connectivity index (χ1) is 14.6. The number of methoxy groups -OCH3 is 1. The zero-order valence-corrected chi connectivity index (χ0v) is 17.1. The van der Waals surface area contributed by atoms with Crippen LogP contribution in [0.3, 0.4) is 0 Å². The van der Waals surface area contributed by atoms with Crippen molar-refractivity contribution in [2.24, 2.45) is 5.73 Å². The Morgan fingerprint density at radius 1 is 1.13 bits per heavy atom. The summed E-state index contributed by atoms with van der Waals surface area (Å²) in [6.07, 6.45) is 1.65. The van der Waals surface area contributed by atoms with E-state index in [1.54, 1.807) is 25.5 Å². The fourth-order valence-electron chi connectivity index (χ4n) is 3.01. The molecule has 0 fully saturated rings. The lowest BCUT2D eigenvalue weighted by Gasteiger charge is -2.09. The molecule has 0 atom stereocenters. The van der Waals surface area contributed by atoms with Crippen LogP contribution in [0, 0.1) is 0 Å². The maximum atomic E-state index is 11.4. The second kappa shape index (κ2) is 8.87. The van der Waals surface area contributed by atoms with Crippen LogP contribution < -0.4 is 10.5 Å². The van der Waals surface area contributed by atoms with E-state index in [9.17, 15) is 4.79 Å². The molecule has 4 aromatic rings. The fourth-order valence-corrected chi connectivity index (χ4v) is 3.89. The molecule has 0 saturated carbocycles. The molecular formula is C22H20N4O3S. The number of nitrogens with two attached hydrogens (primary N) is 1. The molecule has 2 N–H and O–H groups in total. The van der Waals surface area contributed by atoms with Gasteiger partial charge in [-0.05, 0) is 54.1 Å². The van der Waals surface area contributed by atoms with Crippen molar-refractivity contribution in [3.05, 3.63) is 83.8 Å². The van der Waals surface area contributed by atoms with Crippen molar-refractivity contribution in [2.45, 2.75) is 17.5 Å². The van der Waals surface area contributed by atoms with Crippen LogP contribution >= 0.6 is 11.8 Å². The maximum Gasteiger partial charge on any atom is 0.248 e. The molecule has 0 aliphatic heterocycles. The minimum absolute atomic E-state index is 0.440. The van der Waals surface area contributed by atoms with Gasteiger partial charge in [-0.3, -0.25) is 9.36 Å². The number of furan rings is 1. The van der Waals surface area contributed by atoms with Gasteiger partial charge in [0.25, 0.3) is 0 Å². The molecule has 0 spiro atoms. The van der Waals surface area contributed by atoms with Gasteiger partial charge in [-0.1, -0.05) is 23.9 Å². The number of hydrogen-bond donors (Lipinski definition) is 1. The first-order valence-corrected chi connectivity index (χ1v) is 10.2. The molecule has 2 aromatic heterocycles. The van der Waals surface area contributed by atoms with Gasteiger partial charge in [0.05, 0.1) is 19.9 Å². The molecule has 0 radical (unpaired) electrons. The van der Waals surface area contributed by atoms with E-state index < -0.39 is 5.91 Å². The van der Waals surface area contributed by atoms with Gasteiger partial charge >= 0.3 is 0 Å². The lowest BCUT2D eigenvalue weighted by Crippen LogP contribution is -2.10. The smallest absolute Gasteiger partial charge is 0.248 e. The molecule has 0 aliphatic rings. The predicted octanol–water partition coefficient (Wildman–Crippen LogP) is 3.99. The Bertz CT molecular complexity index is 1140. The largest absolute Gasteiger partial charge is 0.497 e. The lowest BCUT2D eigenvalue weighted by atomic mass is 10.1. The van der Waals surface area contributed by atoms with Crippen molar-refractivity contribution in [3.63, 3.8) is 0 Å². The topological polar surface area (TPSA) is 96.2 Å². The molecule has 1 amide bonds. The van der Waals surface area contributed by atoms with Crippen LogP contribution in [-0.2, 0) is 12.3 Å². The van der Waals surface area contributed by atoms with Gasteiger partial charge in [0, 0.05) is 16.9 Å². The summed E-state index contributed by atoms with van der Waals surface area (Å²) in [5.41, 5.74) is 7.79. The summed E-state index contributed by atoms with van der Waals surface area (Å²) < 4.78 is 12.8. The molecule has 2 aromatic carbocycles. The number of hydrogen-bond acceptors (Lipinski definition) is 6. The minimum atomic E-state index is -0.440. The number of thioether (sulfide) groups is 1. The molecule has 0 saturated heterocycles. The minimum Gasteiger partial charge on any atom is -0.497 e. The molecule has 152 valence electrons. The Morgan fingerprint density at radius 2 is 1.97 bits per heavy atom. The molecule has 8 heteroatoms. The van der Waals surface area contributed by atoms with Crippen molar-refractivity contribution in [3.8, 4) is 17.1 Å². The Morgan fingerprint density at radius 3 is 2.67 bits per heavy atom. The van der Waals surface area contributed by atoms with Gasteiger partial charge in [-0.25, -0.2) is 0 Å². The van der Waals surface area contributed by atoms with E-state index in [-0.39, 0.29) is 0 Å². The second-order valence-electron chi connectivity index (χ2n) is 6.55. The number of benzene rings is 2. The number of aromatic nitrogens is 3. The monoisotopic (exact) mass is 420 g/mol. The summed E-state index contributed by atoms with van der Waals surface area (Å²) in [5, 5.41) is 9.57. The van der Waals surface area contributed by atoms with Gasteiger partial charge in [0.2, 0.25) is 5.91 Å². The van der Waals surface area contributed by atoms with Crippen LogP contribution in [0.25, 0.3) is 11.4 Å². The number of carbonyl (C=O) groups is 1. The third kappa shape index (κ3) is 4.38. The van der Waals surface area contributed by atoms with Crippen molar-refractivity contribution in [1.29, 1.82) is 0 Å². The van der Waals surface area contributed by atoms with Crippen molar-refractivity contribution in [2.75, 3.05) is 7.11 Å². The Labute approximate surface area is 177 Å². The molecule has 2 heterocycles. The quantitative estimate of drug-likeness (QED) is 0.433. The van der Waals surface area contributed by atoms with E-state index in [0.717, 1.165) is 33.6 Å². The average Bonchev–Trinajstić information content (AvgIpc) is 3.43. The van der Waals surface area contributed by atoms with Crippen molar-refractivity contribution < 1.29 is 13.9 Å². The van der Waals surface area contributed by atoms with Crippen molar-refractivity contribution in [1.82, 2.24) is 14.8 Å². The third-order valence-corrected chi connectivity index (χ3v) is 5.58. The summed E-state index contributed by atoms with van der Waals surface area (Å²) in [6, 6.07) is 18.7. The van der Waals surface area contributed by atoms with Crippen LogP contribution in [0.5, 0.6) is 5.75 Å². The maximum absolute atomic E-state index is 11.4. The summed E-state index contributed by atoms with van der Waals surface area (Å²) >= 11 is 1.54. The first-order valence-electron chi connectivity index (χ1n) is 9.25. The molecular weight excluding hydrogens is 400 g/mol. The van der Waals surface area contributed by atoms with Gasteiger partial charge < -0.3 is 14.9 Å². The molecule has 0 unspecified atom stereocenters. The number of amides is 1. The highest BCUT2D eigenvalue weighted by atomic mass is 32.2. The Balaban J connectivity index is 1.62. The number of ether oxygens (including phenoxy) is 1. The average molecular weight is 420 g/mol. The van der Waals surface area contributed by atoms with Crippen LogP contribution in [0.4, 0.5) is 0 Å². The van der Waals surface area contributed by atoms with Gasteiger partial charge in [0.1, 0.15) is 11.5 Å². The van der Waals surface area contributed by atoms with Crippen LogP contribution in [0.15, 0.2) is 76.5 Å². The van der Waals surface area contributed by atoms with Gasteiger partial charge in [-0.15, -0.1) is 10.2 Å². The highest BCUT2D eigenvalue weighted by molar-refractivity contribution is 7.98. The van der Waals surface area contributed by atoms with Gasteiger partial charge in [0.15, 0.2) is 11.0 Å². The molecule has 0 aliphatic carbocycles. The number of nitrogens with zero attached hydrogens (tertiary/aromatic N) is 3.